The van der Waals surface area contributed by atoms with Crippen molar-refractivity contribution in [3.63, 3.8) is 0 Å². The summed E-state index contributed by atoms with van der Waals surface area (Å²) in [5.74, 6) is -0.528. The summed E-state index contributed by atoms with van der Waals surface area (Å²) in [4.78, 5) is 23.1. The Hall–Kier alpha value is -2.78. The molecule has 0 radical (unpaired) electrons. The summed E-state index contributed by atoms with van der Waals surface area (Å²) >= 11 is 0. The van der Waals surface area contributed by atoms with E-state index in [0.29, 0.717) is 18.7 Å². The monoisotopic (exact) mass is 403 g/mol. The molecule has 0 atom stereocenters. The second-order valence-corrected chi connectivity index (χ2v) is 8.58. The summed E-state index contributed by atoms with van der Waals surface area (Å²) in [6.07, 6.45) is 2.63. The molecule has 1 aliphatic heterocycles. The molecule has 8 nitrogen and oxygen atoms in total. The van der Waals surface area contributed by atoms with E-state index in [2.05, 4.69) is 5.32 Å². The number of carbonyl (C=O) groups is 1. The van der Waals surface area contributed by atoms with E-state index in [-0.39, 0.29) is 21.8 Å². The highest BCUT2D eigenvalue weighted by Crippen LogP contribution is 2.27. The number of aryl methyl sites for hydroxylation is 1. The van der Waals surface area contributed by atoms with Gasteiger partial charge in [-0.15, -0.1) is 0 Å². The summed E-state index contributed by atoms with van der Waals surface area (Å²) in [7, 11) is -3.72. The highest BCUT2D eigenvalue weighted by Gasteiger charge is 2.28. The number of nitro groups is 1. The molecule has 1 saturated heterocycles. The van der Waals surface area contributed by atoms with Gasteiger partial charge >= 0.3 is 0 Å². The van der Waals surface area contributed by atoms with Crippen LogP contribution in [-0.2, 0) is 10.0 Å². The average Bonchev–Trinajstić information content (AvgIpc) is 2.68. The third-order valence-corrected chi connectivity index (χ3v) is 6.68. The van der Waals surface area contributed by atoms with Crippen LogP contribution in [0.5, 0.6) is 0 Å². The number of anilines is 1. The molecule has 0 spiro atoms. The molecular weight excluding hydrogens is 382 g/mol. The number of hydrogen-bond acceptors (Lipinski definition) is 5. The first-order valence-corrected chi connectivity index (χ1v) is 10.4. The number of para-hydroxylation sites is 1. The second kappa shape index (κ2) is 8.07. The lowest BCUT2D eigenvalue weighted by Crippen LogP contribution is -2.36. The van der Waals surface area contributed by atoms with E-state index in [1.165, 1.54) is 34.6 Å². The van der Waals surface area contributed by atoms with Crippen molar-refractivity contribution in [2.24, 2.45) is 0 Å². The number of rotatable bonds is 5. The summed E-state index contributed by atoms with van der Waals surface area (Å²) in [6.45, 7) is 2.47. The van der Waals surface area contributed by atoms with Gasteiger partial charge in [0.1, 0.15) is 4.90 Å². The van der Waals surface area contributed by atoms with Crippen LogP contribution in [0.2, 0.25) is 0 Å². The van der Waals surface area contributed by atoms with Crippen LogP contribution in [0, 0.1) is 17.0 Å². The Labute approximate surface area is 163 Å². The minimum atomic E-state index is -3.72. The van der Waals surface area contributed by atoms with Gasteiger partial charge < -0.3 is 5.32 Å². The number of sulfonamides is 1. The number of nitrogens with zero attached hydrogens (tertiary/aromatic N) is 2. The Kier molecular flexibility index (Phi) is 5.76. The lowest BCUT2D eigenvalue weighted by Gasteiger charge is -2.26. The van der Waals surface area contributed by atoms with Crippen LogP contribution in [-0.4, -0.2) is 36.6 Å². The van der Waals surface area contributed by atoms with Crippen molar-refractivity contribution in [3.05, 3.63) is 63.7 Å². The zero-order chi connectivity index (χ0) is 20.3. The van der Waals surface area contributed by atoms with Gasteiger partial charge in [-0.25, -0.2) is 8.42 Å². The van der Waals surface area contributed by atoms with Gasteiger partial charge in [-0.05, 0) is 44.0 Å². The Morgan fingerprint density at radius 1 is 1.11 bits per heavy atom. The molecule has 1 amide bonds. The lowest BCUT2D eigenvalue weighted by atomic mass is 10.1. The fraction of sp³-hybridized carbons (Fsp3) is 0.316. The van der Waals surface area contributed by atoms with Gasteiger partial charge in [0, 0.05) is 30.3 Å². The second-order valence-electron chi connectivity index (χ2n) is 6.67. The first-order valence-electron chi connectivity index (χ1n) is 8.96. The maximum Gasteiger partial charge on any atom is 0.272 e. The summed E-state index contributed by atoms with van der Waals surface area (Å²) in [6, 6.07) is 10.3. The Morgan fingerprint density at radius 3 is 2.43 bits per heavy atom. The molecule has 0 aliphatic carbocycles. The van der Waals surface area contributed by atoms with Gasteiger partial charge in [0.2, 0.25) is 10.0 Å². The number of amides is 1. The molecule has 148 valence electrons. The SMILES string of the molecule is Cc1cc(C(=O)Nc2ccccc2S(=O)(=O)N2CCCCC2)ccc1[N+](=O)[O-]. The molecule has 1 heterocycles. The van der Waals surface area contributed by atoms with Gasteiger partial charge in [0.05, 0.1) is 10.6 Å². The van der Waals surface area contributed by atoms with E-state index in [1.54, 1.807) is 19.1 Å². The minimum absolute atomic E-state index is 0.0453. The first-order chi connectivity index (χ1) is 13.3. The van der Waals surface area contributed by atoms with Gasteiger partial charge in [0.25, 0.3) is 11.6 Å². The summed E-state index contributed by atoms with van der Waals surface area (Å²) in [5.41, 5.74) is 0.679. The largest absolute Gasteiger partial charge is 0.321 e. The van der Waals surface area contributed by atoms with E-state index in [9.17, 15) is 23.3 Å². The molecule has 2 aromatic rings. The van der Waals surface area contributed by atoms with Crippen LogP contribution < -0.4 is 5.32 Å². The van der Waals surface area contributed by atoms with Crippen molar-refractivity contribution in [2.75, 3.05) is 18.4 Å². The van der Waals surface area contributed by atoms with Crippen molar-refractivity contribution < 1.29 is 18.1 Å². The fourth-order valence-corrected chi connectivity index (χ4v) is 4.90. The van der Waals surface area contributed by atoms with Crippen LogP contribution in [0.25, 0.3) is 0 Å². The molecule has 0 unspecified atom stereocenters. The van der Waals surface area contributed by atoms with Crippen molar-refractivity contribution in [3.8, 4) is 0 Å². The Morgan fingerprint density at radius 2 is 1.79 bits per heavy atom. The standard InChI is InChI=1S/C19H21N3O5S/c1-14-13-15(9-10-17(14)22(24)25)19(23)20-16-7-3-4-8-18(16)28(26,27)21-11-5-2-6-12-21/h3-4,7-10,13H,2,5-6,11-12H2,1H3,(H,20,23). The Bertz CT molecular complexity index is 1010. The van der Waals surface area contributed by atoms with Crippen molar-refractivity contribution in [1.82, 2.24) is 4.31 Å². The van der Waals surface area contributed by atoms with Crippen LogP contribution in [0.15, 0.2) is 47.4 Å². The molecule has 1 N–H and O–H groups in total. The van der Waals surface area contributed by atoms with Crippen LogP contribution in [0.1, 0.15) is 35.2 Å². The number of nitrogens with one attached hydrogen (secondary N) is 1. The van der Waals surface area contributed by atoms with Crippen molar-refractivity contribution in [1.29, 1.82) is 0 Å². The Balaban J connectivity index is 1.88. The predicted octanol–water partition coefficient (Wildman–Crippen LogP) is 3.33. The predicted molar refractivity (Wildman–Crippen MR) is 105 cm³/mol. The number of piperidine rings is 1. The van der Waals surface area contributed by atoms with Gasteiger partial charge in [0.15, 0.2) is 0 Å². The van der Waals surface area contributed by atoms with E-state index in [4.69, 9.17) is 0 Å². The highest BCUT2D eigenvalue weighted by atomic mass is 32.2. The van der Waals surface area contributed by atoms with Crippen molar-refractivity contribution >= 4 is 27.3 Å². The molecule has 9 heteroatoms. The fourth-order valence-electron chi connectivity index (χ4n) is 3.24. The summed E-state index contributed by atoms with van der Waals surface area (Å²) < 4.78 is 27.4. The molecule has 0 saturated carbocycles. The zero-order valence-electron chi connectivity index (χ0n) is 15.4. The molecular formula is C19H21N3O5S. The maximum absolute atomic E-state index is 13.0. The molecule has 1 aliphatic rings. The van der Waals surface area contributed by atoms with E-state index < -0.39 is 20.9 Å². The molecule has 28 heavy (non-hydrogen) atoms. The van der Waals surface area contributed by atoms with E-state index in [0.717, 1.165) is 19.3 Å². The van der Waals surface area contributed by atoms with Crippen LogP contribution in [0.4, 0.5) is 11.4 Å². The zero-order valence-corrected chi connectivity index (χ0v) is 16.2. The number of carbonyl (C=O) groups excluding carboxylic acids is 1. The van der Waals surface area contributed by atoms with E-state index >= 15 is 0 Å². The summed E-state index contributed by atoms with van der Waals surface area (Å²) in [5, 5.41) is 13.6. The number of benzene rings is 2. The minimum Gasteiger partial charge on any atom is -0.321 e. The molecule has 0 aromatic heterocycles. The molecule has 1 fully saturated rings. The van der Waals surface area contributed by atoms with Gasteiger partial charge in [-0.1, -0.05) is 18.6 Å². The maximum atomic E-state index is 13.0. The quantitative estimate of drug-likeness (QED) is 0.608. The smallest absolute Gasteiger partial charge is 0.272 e. The first kappa shape index (κ1) is 20.0. The molecule has 2 aromatic carbocycles. The third-order valence-electron chi connectivity index (χ3n) is 4.72. The highest BCUT2D eigenvalue weighted by molar-refractivity contribution is 7.89. The van der Waals surface area contributed by atoms with Crippen molar-refractivity contribution in [2.45, 2.75) is 31.1 Å². The number of hydrogen-bond donors (Lipinski definition) is 1. The number of nitro benzene ring substituents is 1. The lowest BCUT2D eigenvalue weighted by molar-refractivity contribution is -0.385. The molecule has 0 bridgehead atoms. The average molecular weight is 403 g/mol. The van der Waals surface area contributed by atoms with E-state index in [1.807, 2.05) is 0 Å². The van der Waals surface area contributed by atoms with Gasteiger partial charge in [-0.3, -0.25) is 14.9 Å². The van der Waals surface area contributed by atoms with Crippen LogP contribution in [0.3, 0.4) is 0 Å². The van der Waals surface area contributed by atoms with Crippen LogP contribution >= 0.6 is 0 Å². The normalized spacial score (nSPS) is 15.2. The topological polar surface area (TPSA) is 110 Å². The third kappa shape index (κ3) is 4.05. The van der Waals surface area contributed by atoms with Gasteiger partial charge in [-0.2, -0.15) is 4.31 Å². The molecule has 3 rings (SSSR count).